The number of benzene rings is 1. The molecular formula is C10H12N2OS. The first-order chi connectivity index (χ1) is 6.70. The molecule has 0 bridgehead atoms. The van der Waals surface area contributed by atoms with Crippen LogP contribution in [-0.4, -0.2) is 11.7 Å². The van der Waals surface area contributed by atoms with Crippen molar-refractivity contribution in [3.05, 3.63) is 29.3 Å². The van der Waals surface area contributed by atoms with Gasteiger partial charge in [0.25, 0.3) is 0 Å². The van der Waals surface area contributed by atoms with Crippen LogP contribution in [-0.2, 0) is 0 Å². The molecule has 14 heavy (non-hydrogen) atoms. The lowest BCUT2D eigenvalue weighted by atomic mass is 9.98. The van der Waals surface area contributed by atoms with Crippen LogP contribution in [0.2, 0.25) is 0 Å². The number of rotatable bonds is 1. The minimum absolute atomic E-state index is 0.0463. The third kappa shape index (κ3) is 1.51. The normalized spacial score (nSPS) is 20.2. The highest BCUT2D eigenvalue weighted by atomic mass is 32.2. The van der Waals surface area contributed by atoms with Crippen LogP contribution < -0.4 is 11.5 Å². The summed E-state index contributed by atoms with van der Waals surface area (Å²) in [6.45, 7) is 0. The summed E-state index contributed by atoms with van der Waals surface area (Å²) in [5.41, 5.74) is 12.8. The summed E-state index contributed by atoms with van der Waals surface area (Å²) in [4.78, 5) is 12.3. The minimum atomic E-state index is -0.389. The Kier molecular flexibility index (Phi) is 2.48. The molecule has 4 N–H and O–H groups in total. The van der Waals surface area contributed by atoms with E-state index in [2.05, 4.69) is 0 Å². The second kappa shape index (κ2) is 3.63. The van der Waals surface area contributed by atoms with Crippen molar-refractivity contribution in [2.75, 3.05) is 5.75 Å². The van der Waals surface area contributed by atoms with Crippen LogP contribution in [0.4, 0.5) is 0 Å². The van der Waals surface area contributed by atoms with E-state index in [-0.39, 0.29) is 11.9 Å². The SMILES string of the molecule is NC(=O)c1cccc2c1C(N)CCS2. The van der Waals surface area contributed by atoms with Gasteiger partial charge in [0.15, 0.2) is 0 Å². The van der Waals surface area contributed by atoms with E-state index >= 15 is 0 Å². The highest BCUT2D eigenvalue weighted by Crippen LogP contribution is 2.36. The Morgan fingerprint density at radius 1 is 1.50 bits per heavy atom. The van der Waals surface area contributed by atoms with E-state index in [1.165, 1.54) is 0 Å². The van der Waals surface area contributed by atoms with Crippen molar-refractivity contribution in [1.82, 2.24) is 0 Å². The molecule has 1 aliphatic heterocycles. The van der Waals surface area contributed by atoms with Crippen molar-refractivity contribution >= 4 is 17.7 Å². The largest absolute Gasteiger partial charge is 0.366 e. The lowest BCUT2D eigenvalue weighted by Gasteiger charge is -2.23. The molecule has 0 aromatic heterocycles. The molecule has 1 aromatic carbocycles. The van der Waals surface area contributed by atoms with Gasteiger partial charge in [0.05, 0.1) is 0 Å². The van der Waals surface area contributed by atoms with E-state index in [4.69, 9.17) is 11.5 Å². The van der Waals surface area contributed by atoms with Crippen molar-refractivity contribution in [3.63, 3.8) is 0 Å². The van der Waals surface area contributed by atoms with Crippen LogP contribution >= 0.6 is 11.8 Å². The van der Waals surface area contributed by atoms with Gasteiger partial charge in [0, 0.05) is 16.5 Å². The molecule has 0 spiro atoms. The molecule has 1 amide bonds. The molecule has 0 radical (unpaired) electrons. The lowest BCUT2D eigenvalue weighted by molar-refractivity contribution is 0.0998. The molecule has 74 valence electrons. The molecule has 1 unspecified atom stereocenters. The standard InChI is InChI=1S/C10H12N2OS/c11-7-4-5-14-8-3-1-2-6(9(7)8)10(12)13/h1-3,7H,4-5,11H2,(H2,12,13). The molecule has 1 heterocycles. The van der Waals surface area contributed by atoms with Gasteiger partial charge in [-0.25, -0.2) is 0 Å². The fourth-order valence-corrected chi connectivity index (χ4v) is 2.89. The Labute approximate surface area is 86.8 Å². The Hall–Kier alpha value is -1.00. The van der Waals surface area contributed by atoms with Gasteiger partial charge in [-0.15, -0.1) is 11.8 Å². The quantitative estimate of drug-likeness (QED) is 0.730. The number of fused-ring (bicyclic) bond motifs is 1. The topological polar surface area (TPSA) is 69.1 Å². The first kappa shape index (κ1) is 9.55. The van der Waals surface area contributed by atoms with E-state index in [0.29, 0.717) is 5.56 Å². The van der Waals surface area contributed by atoms with Gasteiger partial charge in [0.2, 0.25) is 5.91 Å². The highest BCUT2D eigenvalue weighted by Gasteiger charge is 2.22. The van der Waals surface area contributed by atoms with Gasteiger partial charge >= 0.3 is 0 Å². The van der Waals surface area contributed by atoms with Gasteiger partial charge in [-0.05, 0) is 29.9 Å². The van der Waals surface area contributed by atoms with E-state index in [1.54, 1.807) is 17.8 Å². The van der Waals surface area contributed by atoms with E-state index in [1.807, 2.05) is 12.1 Å². The third-order valence-electron chi connectivity index (χ3n) is 2.39. The molecule has 0 aliphatic carbocycles. The number of thioether (sulfide) groups is 1. The molecule has 0 saturated heterocycles. The Morgan fingerprint density at radius 3 is 3.00 bits per heavy atom. The molecule has 1 aromatic rings. The maximum atomic E-state index is 11.2. The van der Waals surface area contributed by atoms with Crippen molar-refractivity contribution in [1.29, 1.82) is 0 Å². The average molecular weight is 208 g/mol. The Morgan fingerprint density at radius 2 is 2.29 bits per heavy atom. The molecule has 4 heteroatoms. The second-order valence-corrected chi connectivity index (χ2v) is 4.46. The summed E-state index contributed by atoms with van der Waals surface area (Å²) in [5, 5.41) is 0. The summed E-state index contributed by atoms with van der Waals surface area (Å²) < 4.78 is 0. The van der Waals surface area contributed by atoms with Crippen LogP contribution in [0.3, 0.4) is 0 Å². The van der Waals surface area contributed by atoms with Crippen LogP contribution in [0, 0.1) is 0 Å². The van der Waals surface area contributed by atoms with Gasteiger partial charge in [-0.3, -0.25) is 4.79 Å². The Bertz CT molecular complexity index is 378. The molecule has 1 atom stereocenters. The first-order valence-electron chi connectivity index (χ1n) is 4.51. The van der Waals surface area contributed by atoms with E-state index < -0.39 is 0 Å². The summed E-state index contributed by atoms with van der Waals surface area (Å²) in [7, 11) is 0. The number of primary amides is 1. The third-order valence-corrected chi connectivity index (χ3v) is 3.50. The number of hydrogen-bond acceptors (Lipinski definition) is 3. The van der Waals surface area contributed by atoms with Crippen LogP contribution in [0.15, 0.2) is 23.1 Å². The zero-order chi connectivity index (χ0) is 10.1. The molecule has 2 rings (SSSR count). The monoisotopic (exact) mass is 208 g/mol. The van der Waals surface area contributed by atoms with E-state index in [9.17, 15) is 4.79 Å². The van der Waals surface area contributed by atoms with Crippen LogP contribution in [0.1, 0.15) is 28.4 Å². The average Bonchev–Trinajstić information content (AvgIpc) is 2.17. The number of carbonyl (C=O) groups excluding carboxylic acids is 1. The van der Waals surface area contributed by atoms with Crippen molar-refractivity contribution in [2.24, 2.45) is 11.5 Å². The van der Waals surface area contributed by atoms with Gasteiger partial charge < -0.3 is 11.5 Å². The maximum absolute atomic E-state index is 11.2. The number of carbonyl (C=O) groups is 1. The van der Waals surface area contributed by atoms with Crippen molar-refractivity contribution in [3.8, 4) is 0 Å². The first-order valence-corrected chi connectivity index (χ1v) is 5.50. The Balaban J connectivity index is 2.57. The molecule has 0 saturated carbocycles. The summed E-state index contributed by atoms with van der Waals surface area (Å²) in [5.74, 6) is 0.621. The second-order valence-electron chi connectivity index (χ2n) is 3.33. The lowest BCUT2D eigenvalue weighted by Crippen LogP contribution is -2.22. The smallest absolute Gasteiger partial charge is 0.249 e. The molecule has 1 aliphatic rings. The van der Waals surface area contributed by atoms with Crippen LogP contribution in [0.25, 0.3) is 0 Å². The zero-order valence-electron chi connectivity index (χ0n) is 7.69. The minimum Gasteiger partial charge on any atom is -0.366 e. The highest BCUT2D eigenvalue weighted by molar-refractivity contribution is 7.99. The number of hydrogen-bond donors (Lipinski definition) is 2. The summed E-state index contributed by atoms with van der Waals surface area (Å²) in [6, 6.07) is 5.54. The predicted molar refractivity (Wildman–Crippen MR) is 57.2 cm³/mol. The van der Waals surface area contributed by atoms with E-state index in [0.717, 1.165) is 22.6 Å². The molecule has 0 fully saturated rings. The predicted octanol–water partition coefficient (Wildman–Crippen LogP) is 1.28. The van der Waals surface area contributed by atoms with Crippen molar-refractivity contribution < 1.29 is 4.79 Å². The van der Waals surface area contributed by atoms with Gasteiger partial charge in [-0.2, -0.15) is 0 Å². The van der Waals surface area contributed by atoms with Crippen LogP contribution in [0.5, 0.6) is 0 Å². The number of amides is 1. The summed E-state index contributed by atoms with van der Waals surface area (Å²) >= 11 is 1.74. The maximum Gasteiger partial charge on any atom is 0.249 e. The summed E-state index contributed by atoms with van der Waals surface area (Å²) in [6.07, 6.45) is 0.905. The molecule has 3 nitrogen and oxygen atoms in total. The molecular weight excluding hydrogens is 196 g/mol. The van der Waals surface area contributed by atoms with Gasteiger partial charge in [-0.1, -0.05) is 6.07 Å². The van der Waals surface area contributed by atoms with Gasteiger partial charge in [0.1, 0.15) is 0 Å². The fraction of sp³-hybridized carbons (Fsp3) is 0.300. The zero-order valence-corrected chi connectivity index (χ0v) is 8.51. The fourth-order valence-electron chi connectivity index (χ4n) is 1.71. The number of nitrogens with two attached hydrogens (primary N) is 2. The van der Waals surface area contributed by atoms with Crippen molar-refractivity contribution in [2.45, 2.75) is 17.4 Å².